The van der Waals surface area contributed by atoms with Crippen LogP contribution in [0.3, 0.4) is 0 Å². The fraction of sp³-hybridized carbons (Fsp3) is 0.406. The lowest BCUT2D eigenvalue weighted by Crippen LogP contribution is -2.52. The van der Waals surface area contributed by atoms with Crippen LogP contribution in [0.4, 0.5) is 0 Å². The second kappa shape index (κ2) is 15.3. The van der Waals surface area contributed by atoms with Gasteiger partial charge in [-0.05, 0) is 61.1 Å². The Balaban J connectivity index is 2.07. The van der Waals surface area contributed by atoms with E-state index in [9.17, 15) is 19.5 Å². The molecule has 0 spiro atoms. The van der Waals surface area contributed by atoms with Crippen molar-refractivity contribution in [1.82, 2.24) is 10.2 Å². The molecule has 0 saturated heterocycles. The number of aliphatic hydroxyl groups excluding tert-OH is 1. The number of carbonyl (C=O) groups is 3. The summed E-state index contributed by atoms with van der Waals surface area (Å²) in [5, 5.41) is 15.7. The molecular formula is C32H40Cl2N4O4. The summed E-state index contributed by atoms with van der Waals surface area (Å²) in [7, 11) is 0. The van der Waals surface area contributed by atoms with E-state index in [0.717, 1.165) is 18.4 Å². The predicted octanol–water partition coefficient (Wildman–Crippen LogP) is 4.16. The summed E-state index contributed by atoms with van der Waals surface area (Å²) < 4.78 is 0. The molecule has 2 aromatic rings. The maximum atomic E-state index is 13.7. The summed E-state index contributed by atoms with van der Waals surface area (Å²) >= 11 is 12.6. The second-order valence-electron chi connectivity index (χ2n) is 10.8. The molecule has 0 radical (unpaired) electrons. The molecule has 0 fully saturated rings. The van der Waals surface area contributed by atoms with Gasteiger partial charge in [-0.1, -0.05) is 73.5 Å². The number of primary amides is 2. The molecular weight excluding hydrogens is 575 g/mol. The third-order valence-electron chi connectivity index (χ3n) is 7.55. The molecule has 3 atom stereocenters. The van der Waals surface area contributed by atoms with Gasteiger partial charge in [0.05, 0.1) is 11.5 Å². The minimum Gasteiger partial charge on any atom is -0.391 e. The fourth-order valence-corrected chi connectivity index (χ4v) is 6.16. The van der Waals surface area contributed by atoms with Crippen molar-refractivity contribution in [1.29, 1.82) is 0 Å². The smallest absolute Gasteiger partial charge is 0.249 e. The van der Waals surface area contributed by atoms with Gasteiger partial charge in [-0.25, -0.2) is 0 Å². The molecule has 2 aromatic carbocycles. The number of nitrogens with zero attached hydrogens (tertiary/aromatic N) is 1. The Hall–Kier alpha value is -3.17. The van der Waals surface area contributed by atoms with Gasteiger partial charge in [0, 0.05) is 53.3 Å². The lowest BCUT2D eigenvalue weighted by Gasteiger charge is -2.42. The molecule has 0 heterocycles. The average molecular weight is 616 g/mol. The van der Waals surface area contributed by atoms with E-state index in [1.807, 2.05) is 44.2 Å². The molecule has 3 amide bonds. The molecule has 226 valence electrons. The van der Waals surface area contributed by atoms with Gasteiger partial charge in [-0.3, -0.25) is 14.4 Å². The first-order chi connectivity index (χ1) is 20.0. The van der Waals surface area contributed by atoms with Crippen LogP contribution >= 0.6 is 23.2 Å². The third kappa shape index (κ3) is 8.44. The Labute approximate surface area is 257 Å². The molecule has 1 aliphatic carbocycles. The van der Waals surface area contributed by atoms with Gasteiger partial charge in [0.2, 0.25) is 17.7 Å². The van der Waals surface area contributed by atoms with Crippen LogP contribution in [0, 0.1) is 11.3 Å². The highest BCUT2D eigenvalue weighted by molar-refractivity contribution is 6.34. The molecule has 1 unspecified atom stereocenters. The van der Waals surface area contributed by atoms with Crippen molar-refractivity contribution in [3.63, 3.8) is 0 Å². The molecule has 0 aliphatic heterocycles. The molecule has 0 bridgehead atoms. The zero-order valence-electron chi connectivity index (χ0n) is 24.1. The Bertz CT molecular complexity index is 1300. The molecule has 0 saturated carbocycles. The van der Waals surface area contributed by atoms with Crippen LogP contribution in [0.25, 0.3) is 0 Å². The number of benzene rings is 2. The molecule has 0 aromatic heterocycles. The van der Waals surface area contributed by atoms with Crippen LogP contribution in [0.1, 0.15) is 44.2 Å². The first-order valence-corrected chi connectivity index (χ1v) is 15.0. The maximum absolute atomic E-state index is 13.7. The predicted molar refractivity (Wildman–Crippen MR) is 167 cm³/mol. The zero-order chi connectivity index (χ0) is 30.9. The van der Waals surface area contributed by atoms with Crippen molar-refractivity contribution in [2.24, 2.45) is 22.8 Å². The highest BCUT2D eigenvalue weighted by atomic mass is 35.5. The van der Waals surface area contributed by atoms with Crippen molar-refractivity contribution < 1.29 is 19.5 Å². The number of halogens is 2. The topological polar surface area (TPSA) is 139 Å². The minimum absolute atomic E-state index is 0.00471. The monoisotopic (exact) mass is 614 g/mol. The van der Waals surface area contributed by atoms with Gasteiger partial charge in [0.15, 0.2) is 0 Å². The van der Waals surface area contributed by atoms with Gasteiger partial charge < -0.3 is 26.8 Å². The van der Waals surface area contributed by atoms with Crippen LogP contribution in [-0.4, -0.2) is 53.5 Å². The van der Waals surface area contributed by atoms with E-state index in [1.165, 1.54) is 12.2 Å². The Kier molecular flexibility index (Phi) is 12.2. The van der Waals surface area contributed by atoms with Gasteiger partial charge in [0.25, 0.3) is 0 Å². The van der Waals surface area contributed by atoms with Gasteiger partial charge in [-0.15, -0.1) is 0 Å². The number of nitrogens with two attached hydrogens (primary N) is 2. The zero-order valence-corrected chi connectivity index (χ0v) is 25.6. The lowest BCUT2D eigenvalue weighted by molar-refractivity contribution is -0.132. The van der Waals surface area contributed by atoms with Crippen molar-refractivity contribution >= 4 is 40.9 Å². The average Bonchev–Trinajstić information content (AvgIpc) is 2.95. The Morgan fingerprint density at radius 2 is 1.62 bits per heavy atom. The molecule has 42 heavy (non-hydrogen) atoms. The number of nitrogens with one attached hydrogen (secondary N) is 1. The van der Waals surface area contributed by atoms with E-state index in [-0.39, 0.29) is 36.4 Å². The van der Waals surface area contributed by atoms with Gasteiger partial charge >= 0.3 is 0 Å². The number of carbonyl (C=O) groups excluding carboxylic acids is 3. The van der Waals surface area contributed by atoms with Gasteiger partial charge in [-0.2, -0.15) is 0 Å². The van der Waals surface area contributed by atoms with Crippen LogP contribution in [0.15, 0.2) is 71.8 Å². The molecule has 1 aliphatic rings. The molecule has 8 nitrogen and oxygen atoms in total. The van der Waals surface area contributed by atoms with Crippen molar-refractivity contribution in [2.75, 3.05) is 19.6 Å². The van der Waals surface area contributed by atoms with Crippen LogP contribution in [0.5, 0.6) is 0 Å². The number of hydrogen-bond donors (Lipinski definition) is 4. The van der Waals surface area contributed by atoms with E-state index in [1.54, 1.807) is 23.1 Å². The van der Waals surface area contributed by atoms with E-state index in [2.05, 4.69) is 5.32 Å². The standard InChI is InChI=1S/C32H40Cl2N4O4/c1-3-10-38(11-4-2)30(41)24-15-23(29(35)40)17-32(18-24,31(36)42)27(14-22-12-25(33)16-26(34)13-22)28(39)20-37-19-21-8-6-5-7-9-21/h5-9,12-13,15-17,27-28,37,39H,3-4,10-11,14,18-20H2,1-2H3,(H2,35,40)(H2,36,42)/t27-,28+,32?/m1/s1. The summed E-state index contributed by atoms with van der Waals surface area (Å²) in [5.74, 6) is -2.75. The minimum atomic E-state index is -1.61. The SMILES string of the molecule is CCCN(CCC)C(=O)C1=CC(C(N)=O)=CC(C(N)=O)([C@H](Cc2cc(Cl)cc(Cl)c2)[C@@H](O)CNCc2ccccc2)C1. The lowest BCUT2D eigenvalue weighted by atomic mass is 9.63. The van der Waals surface area contributed by atoms with Crippen LogP contribution in [0.2, 0.25) is 10.0 Å². The number of hydrogen-bond acceptors (Lipinski definition) is 5. The highest BCUT2D eigenvalue weighted by Crippen LogP contribution is 2.44. The van der Waals surface area contributed by atoms with E-state index >= 15 is 0 Å². The number of aliphatic hydroxyl groups is 1. The summed E-state index contributed by atoms with van der Waals surface area (Å²) in [6.07, 6.45) is 3.25. The quantitative estimate of drug-likeness (QED) is 0.238. The first-order valence-electron chi connectivity index (χ1n) is 14.2. The van der Waals surface area contributed by atoms with Crippen molar-refractivity contribution in [3.05, 3.63) is 93.0 Å². The Morgan fingerprint density at radius 3 is 2.17 bits per heavy atom. The van der Waals surface area contributed by atoms with Crippen LogP contribution in [-0.2, 0) is 27.3 Å². The summed E-state index contributed by atoms with van der Waals surface area (Å²) in [6.45, 7) is 5.55. The van der Waals surface area contributed by atoms with Crippen molar-refractivity contribution in [3.8, 4) is 0 Å². The Morgan fingerprint density at radius 1 is 1.00 bits per heavy atom. The summed E-state index contributed by atoms with van der Waals surface area (Å²) in [6, 6.07) is 14.7. The largest absolute Gasteiger partial charge is 0.391 e. The van der Waals surface area contributed by atoms with E-state index in [0.29, 0.717) is 35.2 Å². The van der Waals surface area contributed by atoms with E-state index < -0.39 is 29.3 Å². The summed E-state index contributed by atoms with van der Waals surface area (Å²) in [4.78, 5) is 41.5. The van der Waals surface area contributed by atoms with E-state index in [4.69, 9.17) is 34.7 Å². The number of amides is 3. The highest BCUT2D eigenvalue weighted by Gasteiger charge is 2.49. The molecule has 6 N–H and O–H groups in total. The second-order valence-corrected chi connectivity index (χ2v) is 11.7. The normalized spacial score (nSPS) is 18.0. The third-order valence-corrected chi connectivity index (χ3v) is 7.98. The maximum Gasteiger partial charge on any atom is 0.249 e. The van der Waals surface area contributed by atoms with Crippen molar-refractivity contribution in [2.45, 2.75) is 52.2 Å². The summed E-state index contributed by atoms with van der Waals surface area (Å²) in [5.41, 5.74) is 12.1. The van der Waals surface area contributed by atoms with Gasteiger partial charge in [0.1, 0.15) is 0 Å². The van der Waals surface area contributed by atoms with Crippen LogP contribution < -0.4 is 16.8 Å². The fourth-order valence-electron chi connectivity index (χ4n) is 5.59. The molecule has 3 rings (SSSR count). The molecule has 10 heteroatoms. The number of rotatable bonds is 15. The first kappa shape index (κ1) is 33.3.